The van der Waals surface area contributed by atoms with Crippen LogP contribution in [0.3, 0.4) is 0 Å². The molecule has 0 heterocycles. The van der Waals surface area contributed by atoms with Gasteiger partial charge in [0.25, 0.3) is 0 Å². The first kappa shape index (κ1) is 30.9. The Labute approximate surface area is 261 Å². The lowest BCUT2D eigenvalue weighted by molar-refractivity contribution is 0.257. The van der Waals surface area contributed by atoms with E-state index in [0.29, 0.717) is 23.0 Å². The number of hydrogen-bond acceptors (Lipinski definition) is 8. The van der Waals surface area contributed by atoms with Crippen molar-refractivity contribution < 1.29 is 9.59 Å². The maximum Gasteiger partial charge on any atom is 0.312 e. The third-order valence-electron chi connectivity index (χ3n) is 5.25. The van der Waals surface area contributed by atoms with Gasteiger partial charge in [-0.15, -0.1) is 0 Å². The van der Waals surface area contributed by atoms with Crippen LogP contribution >= 0.6 is 69.4 Å². The molecule has 0 N–H and O–H groups in total. The summed E-state index contributed by atoms with van der Waals surface area (Å²) < 4.78 is 3.40. The molecule has 0 aliphatic carbocycles. The molecule has 0 radical (unpaired) electrons. The van der Waals surface area contributed by atoms with Gasteiger partial charge in [0, 0.05) is 44.6 Å². The van der Waals surface area contributed by atoms with Gasteiger partial charge < -0.3 is 0 Å². The molecule has 10 heteroatoms. The van der Waals surface area contributed by atoms with E-state index in [1.807, 2.05) is 72.8 Å². The number of benzene rings is 4. The van der Waals surface area contributed by atoms with Crippen molar-refractivity contribution in [2.45, 2.75) is 23.0 Å². The highest BCUT2D eigenvalue weighted by molar-refractivity contribution is 8.87. The number of amides is 2. The highest BCUT2D eigenvalue weighted by Crippen LogP contribution is 2.40. The fraction of sp³-hybridized carbons (Fsp3) is 0.133. The van der Waals surface area contributed by atoms with Gasteiger partial charge in [-0.25, -0.2) is 7.42 Å². The molecule has 0 saturated carbocycles. The van der Waals surface area contributed by atoms with Crippen molar-refractivity contribution in [1.29, 1.82) is 0 Å². The summed E-state index contributed by atoms with van der Waals surface area (Å²) in [7, 11) is 1.96. The fourth-order valence-corrected chi connectivity index (χ4v) is 9.52. The summed E-state index contributed by atoms with van der Waals surface area (Å²) in [5, 5.41) is -0.331. The number of carbonyl (C=O) groups is 2. The van der Waals surface area contributed by atoms with E-state index < -0.39 is 0 Å². The smallest absolute Gasteiger partial charge is 0.259 e. The van der Waals surface area contributed by atoms with Crippen LogP contribution in [0.15, 0.2) is 121 Å². The Morgan fingerprint density at radius 3 is 0.850 bits per heavy atom. The van der Waals surface area contributed by atoms with Crippen LogP contribution in [-0.2, 0) is 23.0 Å². The van der Waals surface area contributed by atoms with Crippen molar-refractivity contribution in [3.63, 3.8) is 0 Å². The summed E-state index contributed by atoms with van der Waals surface area (Å²) in [6.07, 6.45) is 0. The Morgan fingerprint density at radius 1 is 0.400 bits per heavy atom. The minimum absolute atomic E-state index is 0.165. The Hall–Kier alpha value is -2.08. The second kappa shape index (κ2) is 17.7. The third kappa shape index (κ3) is 11.1. The largest absolute Gasteiger partial charge is 0.312 e. The van der Waals surface area contributed by atoms with Gasteiger partial charge in [0.05, 0.1) is 0 Å². The zero-order valence-corrected chi connectivity index (χ0v) is 26.4. The molecule has 4 nitrogen and oxygen atoms in total. The van der Waals surface area contributed by atoms with Crippen molar-refractivity contribution in [2.75, 3.05) is 0 Å². The molecule has 0 aliphatic rings. The summed E-state index contributed by atoms with van der Waals surface area (Å²) in [6.45, 7) is 0. The minimum atomic E-state index is -0.165. The van der Waals surface area contributed by atoms with Gasteiger partial charge in [0.1, 0.15) is 0 Å². The molecule has 4 aromatic rings. The monoisotopic (exact) mass is 640 g/mol. The highest BCUT2D eigenvalue weighted by Gasteiger charge is 2.23. The SMILES string of the molecule is O=C(SSC(=O)N(SCc1ccccc1)SCc1ccccc1)N(SCc1ccccc1)SCc1ccccc1. The summed E-state index contributed by atoms with van der Waals surface area (Å²) in [5.74, 6) is 2.66. The van der Waals surface area contributed by atoms with E-state index in [0.717, 1.165) is 43.8 Å². The van der Waals surface area contributed by atoms with Gasteiger partial charge in [0.2, 0.25) is 0 Å². The van der Waals surface area contributed by atoms with Crippen LogP contribution < -0.4 is 0 Å². The molecule has 0 atom stereocenters. The molecule has 0 saturated heterocycles. The van der Waals surface area contributed by atoms with Gasteiger partial charge in [-0.1, -0.05) is 121 Å². The van der Waals surface area contributed by atoms with Gasteiger partial charge in [0.15, 0.2) is 0 Å². The molecule has 0 aliphatic heterocycles. The van der Waals surface area contributed by atoms with Crippen molar-refractivity contribution in [3.8, 4) is 0 Å². The van der Waals surface area contributed by atoms with Crippen molar-refractivity contribution in [2.24, 2.45) is 0 Å². The summed E-state index contributed by atoms with van der Waals surface area (Å²) in [5.41, 5.74) is 4.56. The quantitative estimate of drug-likeness (QED) is 0.112. The number of hydrogen-bond donors (Lipinski definition) is 0. The topological polar surface area (TPSA) is 40.6 Å². The average molecular weight is 641 g/mol. The summed E-state index contributed by atoms with van der Waals surface area (Å²) >= 11 is 5.82. The molecule has 4 rings (SSSR count). The molecule has 2 amide bonds. The number of rotatable bonds is 12. The second-order valence-corrected chi connectivity index (χ2v) is 14.4. The second-order valence-electron chi connectivity index (χ2n) is 8.25. The molecule has 206 valence electrons. The van der Waals surface area contributed by atoms with E-state index in [-0.39, 0.29) is 10.5 Å². The first-order chi connectivity index (χ1) is 19.7. The van der Waals surface area contributed by atoms with Gasteiger partial charge in [-0.3, -0.25) is 9.59 Å². The maximum atomic E-state index is 13.3. The van der Waals surface area contributed by atoms with Crippen LogP contribution in [0, 0.1) is 0 Å². The van der Waals surface area contributed by atoms with Gasteiger partial charge >= 0.3 is 10.5 Å². The molecule has 40 heavy (non-hydrogen) atoms. The zero-order chi connectivity index (χ0) is 27.8. The summed E-state index contributed by atoms with van der Waals surface area (Å²) in [4.78, 5) is 26.6. The summed E-state index contributed by atoms with van der Waals surface area (Å²) in [6, 6.07) is 40.3. The molecule has 0 spiro atoms. The van der Waals surface area contributed by atoms with Crippen molar-refractivity contribution in [3.05, 3.63) is 144 Å². The predicted octanol–water partition coefficient (Wildman–Crippen LogP) is 10.6. The van der Waals surface area contributed by atoms with E-state index in [1.165, 1.54) is 47.8 Å². The van der Waals surface area contributed by atoms with E-state index in [2.05, 4.69) is 48.5 Å². The highest BCUT2D eigenvalue weighted by atomic mass is 33.1. The Balaban J connectivity index is 1.36. The minimum Gasteiger partial charge on any atom is -0.259 e. The molecular formula is C30H28N2O2S6. The van der Waals surface area contributed by atoms with Crippen LogP contribution in [0.1, 0.15) is 22.3 Å². The van der Waals surface area contributed by atoms with E-state index in [4.69, 9.17) is 0 Å². The molecule has 4 aromatic carbocycles. The van der Waals surface area contributed by atoms with Crippen LogP contribution in [0.2, 0.25) is 0 Å². The van der Waals surface area contributed by atoms with Crippen LogP contribution in [0.25, 0.3) is 0 Å². The fourth-order valence-electron chi connectivity index (χ4n) is 3.25. The molecular weight excluding hydrogens is 613 g/mol. The lowest BCUT2D eigenvalue weighted by atomic mass is 10.2. The number of nitrogens with zero attached hydrogens (tertiary/aromatic N) is 2. The Morgan fingerprint density at radius 2 is 0.625 bits per heavy atom. The standard InChI is InChI=1S/C30H28N2O2S6/c33-29(31(35-21-25-13-5-1-6-14-25)36-22-26-15-7-2-8-16-26)39-40-30(34)32(37-23-27-17-9-3-10-18-27)38-24-28-19-11-4-12-20-28/h1-20H,21-24H2. The van der Waals surface area contributed by atoms with Crippen molar-refractivity contribution in [1.82, 2.24) is 7.42 Å². The van der Waals surface area contributed by atoms with E-state index in [1.54, 1.807) is 7.42 Å². The molecule has 0 unspecified atom stereocenters. The van der Waals surface area contributed by atoms with E-state index >= 15 is 0 Å². The predicted molar refractivity (Wildman–Crippen MR) is 181 cm³/mol. The first-order valence-electron chi connectivity index (χ1n) is 12.4. The van der Waals surface area contributed by atoms with E-state index in [9.17, 15) is 9.59 Å². The molecule has 0 bridgehead atoms. The van der Waals surface area contributed by atoms with Crippen LogP contribution in [0.5, 0.6) is 0 Å². The molecule has 0 aromatic heterocycles. The maximum absolute atomic E-state index is 13.3. The normalized spacial score (nSPS) is 10.7. The zero-order valence-electron chi connectivity index (χ0n) is 21.5. The third-order valence-corrected chi connectivity index (χ3v) is 12.3. The van der Waals surface area contributed by atoms with Gasteiger partial charge in [-0.2, -0.15) is 0 Å². The average Bonchev–Trinajstić information content (AvgIpc) is 3.02. The lowest BCUT2D eigenvalue weighted by Gasteiger charge is -2.21. The Kier molecular flexibility index (Phi) is 13.6. The molecule has 0 fully saturated rings. The van der Waals surface area contributed by atoms with Gasteiger partial charge in [-0.05, 0) is 70.0 Å². The van der Waals surface area contributed by atoms with Crippen LogP contribution in [0.4, 0.5) is 9.59 Å². The van der Waals surface area contributed by atoms with Crippen LogP contribution in [-0.4, -0.2) is 17.9 Å². The first-order valence-corrected chi connectivity index (χ1v) is 18.3. The number of carbonyl (C=O) groups excluding carboxylic acids is 2. The lowest BCUT2D eigenvalue weighted by Crippen LogP contribution is -2.15. The van der Waals surface area contributed by atoms with Crippen molar-refractivity contribution >= 4 is 79.9 Å². The Bertz CT molecular complexity index is 1110.